The minimum Gasteiger partial charge on any atom is -0.243 e. The summed E-state index contributed by atoms with van der Waals surface area (Å²) in [5.41, 5.74) is -4.40. The molecule has 0 aromatic heterocycles. The lowest BCUT2D eigenvalue weighted by molar-refractivity contribution is -0.00874. The van der Waals surface area contributed by atoms with Crippen LogP contribution in [0.25, 0.3) is 0 Å². The van der Waals surface area contributed by atoms with E-state index in [0.29, 0.717) is 0 Å². The lowest BCUT2D eigenvalue weighted by atomic mass is 9.74. The Morgan fingerprint density at radius 3 is 0.605 bits per heavy atom. The highest BCUT2D eigenvalue weighted by Crippen LogP contribution is 2.50. The second kappa shape index (κ2) is 13.6. The van der Waals surface area contributed by atoms with Crippen molar-refractivity contribution in [2.75, 3.05) is 0 Å². The van der Waals surface area contributed by atoms with Gasteiger partial charge in [-0.3, -0.25) is 0 Å². The third kappa shape index (κ3) is 15.5. The molecule has 0 fully saturated rings. The van der Waals surface area contributed by atoms with Crippen LogP contribution in [-0.4, -0.2) is 43.6 Å². The fourth-order valence-corrected chi connectivity index (χ4v) is 11.0. The summed E-state index contributed by atoms with van der Waals surface area (Å²) >= 11 is 0. The van der Waals surface area contributed by atoms with Gasteiger partial charge in [0.05, 0.1) is 18.3 Å². The third-order valence-corrected chi connectivity index (χ3v) is 10.8. The standard InChI is InChI=1S/C27H57O12PS3/c1-22(2,3)19(23(4,5)6)34-41(28,29)37-40(38-42(30,31)35-20(24(7,8)9)25(10,11)12)39-43(32,33)36-21(26(13,14)15)27(16,17)18/h19-21H,1-18H3. The molecule has 0 saturated heterocycles. The normalized spacial score (nSPS) is 15.8. The van der Waals surface area contributed by atoms with Crippen molar-refractivity contribution >= 4 is 39.8 Å². The van der Waals surface area contributed by atoms with Crippen LogP contribution in [0.4, 0.5) is 0 Å². The number of rotatable bonds is 12. The molecule has 0 aliphatic rings. The smallest absolute Gasteiger partial charge is 0.243 e. The number of hydrogen-bond acceptors (Lipinski definition) is 12. The molecule has 0 atom stereocenters. The topological polar surface area (TPSA) is 158 Å². The van der Waals surface area contributed by atoms with Crippen molar-refractivity contribution < 1.29 is 49.7 Å². The van der Waals surface area contributed by atoms with Gasteiger partial charge in [0.2, 0.25) is 0 Å². The molecule has 0 aromatic rings. The quantitative estimate of drug-likeness (QED) is 0.186. The summed E-state index contributed by atoms with van der Waals surface area (Å²) in [5.74, 6) is 0. The van der Waals surface area contributed by atoms with Crippen LogP contribution in [-0.2, 0) is 55.7 Å². The van der Waals surface area contributed by atoms with Crippen LogP contribution in [0.5, 0.6) is 0 Å². The second-order valence-corrected chi connectivity index (χ2v) is 22.6. The minimum atomic E-state index is -5.12. The van der Waals surface area contributed by atoms with E-state index < -0.39 is 90.6 Å². The zero-order chi connectivity index (χ0) is 35.1. The minimum absolute atomic E-state index is 0.733. The molecule has 260 valence electrons. The zero-order valence-electron chi connectivity index (χ0n) is 29.3. The van der Waals surface area contributed by atoms with Crippen molar-refractivity contribution in [3.63, 3.8) is 0 Å². The summed E-state index contributed by atoms with van der Waals surface area (Å²) in [6, 6.07) is 0. The lowest BCUT2D eigenvalue weighted by Gasteiger charge is -2.40. The molecule has 0 amide bonds. The molecule has 0 radical (unpaired) electrons. The van der Waals surface area contributed by atoms with Crippen molar-refractivity contribution in [3.8, 4) is 0 Å². The molecular weight excluding hydrogens is 643 g/mol. The Hall–Kier alpha value is 0.0400. The highest BCUT2D eigenvalue weighted by molar-refractivity contribution is 7.92. The largest absolute Gasteiger partial charge is 0.407 e. The van der Waals surface area contributed by atoms with Crippen molar-refractivity contribution in [1.82, 2.24) is 0 Å². The maximum Gasteiger partial charge on any atom is 0.407 e. The van der Waals surface area contributed by atoms with E-state index >= 15 is 0 Å². The van der Waals surface area contributed by atoms with Crippen molar-refractivity contribution in [1.29, 1.82) is 0 Å². The fraction of sp³-hybridized carbons (Fsp3) is 1.00. The third-order valence-electron chi connectivity index (χ3n) is 5.82. The molecule has 0 rings (SSSR count). The van der Waals surface area contributed by atoms with Gasteiger partial charge < -0.3 is 0 Å². The first-order valence-corrected chi connectivity index (χ1v) is 19.1. The molecule has 0 heterocycles. The Morgan fingerprint density at radius 2 is 0.488 bits per heavy atom. The first kappa shape index (κ1) is 43.0. The van der Waals surface area contributed by atoms with Gasteiger partial charge >= 0.3 is 39.8 Å². The van der Waals surface area contributed by atoms with Gasteiger partial charge in [-0.1, -0.05) is 125 Å². The number of hydrogen-bond donors (Lipinski definition) is 0. The highest BCUT2D eigenvalue weighted by atomic mass is 32.3. The van der Waals surface area contributed by atoms with Crippen LogP contribution >= 0.6 is 8.60 Å². The second-order valence-electron chi connectivity index (χ2n) is 17.3. The van der Waals surface area contributed by atoms with Crippen molar-refractivity contribution in [2.24, 2.45) is 32.5 Å². The molecule has 0 spiro atoms. The van der Waals surface area contributed by atoms with E-state index in [4.69, 9.17) is 24.5 Å². The van der Waals surface area contributed by atoms with E-state index in [1.165, 1.54) is 0 Å². The molecule has 43 heavy (non-hydrogen) atoms. The van der Waals surface area contributed by atoms with Crippen LogP contribution < -0.4 is 0 Å². The molecule has 0 aromatic carbocycles. The van der Waals surface area contributed by atoms with Crippen LogP contribution in [0.2, 0.25) is 0 Å². The Morgan fingerprint density at radius 1 is 0.349 bits per heavy atom. The van der Waals surface area contributed by atoms with Crippen LogP contribution in [0.15, 0.2) is 0 Å². The van der Waals surface area contributed by atoms with Gasteiger partial charge in [-0.25, -0.2) is 12.5 Å². The van der Waals surface area contributed by atoms with E-state index in [-0.39, 0.29) is 0 Å². The first-order chi connectivity index (χ1) is 18.3. The fourth-order valence-electron chi connectivity index (χ4n) is 5.43. The Labute approximate surface area is 264 Å². The van der Waals surface area contributed by atoms with Gasteiger partial charge in [0.15, 0.2) is 0 Å². The van der Waals surface area contributed by atoms with E-state index in [2.05, 4.69) is 0 Å². The first-order valence-electron chi connectivity index (χ1n) is 14.0. The molecule has 12 nitrogen and oxygen atoms in total. The maximum absolute atomic E-state index is 13.1. The van der Waals surface area contributed by atoms with Crippen molar-refractivity contribution in [2.45, 2.75) is 143 Å². The van der Waals surface area contributed by atoms with Crippen molar-refractivity contribution in [3.05, 3.63) is 0 Å². The highest BCUT2D eigenvalue weighted by Gasteiger charge is 2.46. The summed E-state index contributed by atoms with van der Waals surface area (Å²) in [6.07, 6.45) is -2.96. The van der Waals surface area contributed by atoms with E-state index in [9.17, 15) is 25.3 Å². The van der Waals surface area contributed by atoms with Gasteiger partial charge in [-0.05, 0) is 32.5 Å². The van der Waals surface area contributed by atoms with E-state index in [1.807, 2.05) is 0 Å². The van der Waals surface area contributed by atoms with Crippen LogP contribution in [0, 0.1) is 32.5 Å². The summed E-state index contributed by atoms with van der Waals surface area (Å²) in [7, 11) is -19.1. The summed E-state index contributed by atoms with van der Waals surface area (Å²) in [5, 5.41) is 0. The van der Waals surface area contributed by atoms with Crippen LogP contribution in [0.1, 0.15) is 125 Å². The predicted octanol–water partition coefficient (Wildman–Crippen LogP) is 7.43. The van der Waals surface area contributed by atoms with Crippen LogP contribution in [0.3, 0.4) is 0 Å². The predicted molar refractivity (Wildman–Crippen MR) is 168 cm³/mol. The monoisotopic (exact) mass is 700 g/mol. The Kier molecular flexibility index (Phi) is 13.7. The molecule has 0 saturated carbocycles. The van der Waals surface area contributed by atoms with E-state index in [0.717, 1.165) is 0 Å². The summed E-state index contributed by atoms with van der Waals surface area (Å²) < 4.78 is 110. The lowest BCUT2D eigenvalue weighted by Crippen LogP contribution is -2.43. The molecule has 0 bridgehead atoms. The van der Waals surface area contributed by atoms with Gasteiger partial charge in [0, 0.05) is 0 Å². The Bertz CT molecular complexity index is 1040. The summed E-state index contributed by atoms with van der Waals surface area (Å²) in [6.45, 7) is 31.3. The molecule has 16 heteroatoms. The van der Waals surface area contributed by atoms with Gasteiger partial charge in [0.1, 0.15) is 0 Å². The van der Waals surface area contributed by atoms with Gasteiger partial charge in [-0.15, -0.1) is 0 Å². The van der Waals surface area contributed by atoms with Gasteiger partial charge in [0.25, 0.3) is 0 Å². The van der Waals surface area contributed by atoms with Gasteiger partial charge in [-0.2, -0.15) is 37.2 Å². The van der Waals surface area contributed by atoms with E-state index in [1.54, 1.807) is 125 Å². The molecule has 0 N–H and O–H groups in total. The summed E-state index contributed by atoms with van der Waals surface area (Å²) in [4.78, 5) is 0. The molecule has 0 unspecified atom stereocenters. The molecular formula is C27H57O12PS3. The Balaban J connectivity index is 6.73. The average molecular weight is 701 g/mol. The molecule has 0 aliphatic heterocycles. The zero-order valence-corrected chi connectivity index (χ0v) is 32.6. The maximum atomic E-state index is 13.1. The molecule has 0 aliphatic carbocycles. The average Bonchev–Trinajstić information content (AvgIpc) is 2.62. The SMILES string of the molecule is CC(C)(C)C(OS(=O)(=O)OP(OS(=O)(=O)OC(C(C)(C)C)C(C)(C)C)OS(=O)(=O)OC(C(C)(C)C)C(C)(C)C)C(C)(C)C.